The van der Waals surface area contributed by atoms with E-state index in [1.165, 1.54) is 22.3 Å². The van der Waals surface area contributed by atoms with E-state index in [0.717, 1.165) is 45.3 Å². The number of nitrogens with zero attached hydrogens (tertiary/aromatic N) is 1. The van der Waals surface area contributed by atoms with Crippen LogP contribution in [0.2, 0.25) is 0 Å². The van der Waals surface area contributed by atoms with Crippen molar-refractivity contribution in [1.82, 2.24) is 4.90 Å². The van der Waals surface area contributed by atoms with Crippen LogP contribution in [0.25, 0.3) is 22.3 Å². The molecule has 0 amide bonds. The third-order valence-electron chi connectivity index (χ3n) is 7.45. The molecule has 0 fully saturated rings. The van der Waals surface area contributed by atoms with Gasteiger partial charge in [-0.2, -0.15) is 0 Å². The van der Waals surface area contributed by atoms with Crippen molar-refractivity contribution < 1.29 is 0 Å². The molecule has 0 N–H and O–H groups in total. The lowest BCUT2D eigenvalue weighted by Gasteiger charge is -2.23. The van der Waals surface area contributed by atoms with Gasteiger partial charge in [-0.25, -0.2) is 0 Å². The summed E-state index contributed by atoms with van der Waals surface area (Å²) >= 11 is 0. The van der Waals surface area contributed by atoms with Crippen LogP contribution in [0.4, 0.5) is 0 Å². The molecule has 2 aliphatic carbocycles. The minimum absolute atomic E-state index is 1.04. The Morgan fingerprint density at radius 1 is 0.667 bits per heavy atom. The summed E-state index contributed by atoms with van der Waals surface area (Å²) in [6, 6.07) is 16.2. The van der Waals surface area contributed by atoms with Crippen LogP contribution in [0.1, 0.15) is 66.6 Å². The van der Waals surface area contributed by atoms with Crippen LogP contribution in [-0.4, -0.2) is 18.0 Å². The smallest absolute Gasteiger partial charge is 0.0239 e. The van der Waals surface area contributed by atoms with Crippen molar-refractivity contribution in [2.24, 2.45) is 0 Å². The van der Waals surface area contributed by atoms with Crippen molar-refractivity contribution in [3.05, 3.63) is 81.4 Å². The van der Waals surface area contributed by atoms with Gasteiger partial charge in [0, 0.05) is 6.54 Å². The fraction of sp³-hybridized carbons (Fsp3) is 0.379. The number of hydrogen-bond acceptors (Lipinski definition) is 1. The first-order valence-electron chi connectivity index (χ1n) is 11.8. The zero-order chi connectivity index (χ0) is 20.8. The van der Waals surface area contributed by atoms with E-state index in [2.05, 4.69) is 75.1 Å². The molecule has 0 unspecified atom stereocenters. The minimum Gasteiger partial charge on any atom is -0.300 e. The van der Waals surface area contributed by atoms with Gasteiger partial charge in [0.15, 0.2) is 0 Å². The highest BCUT2D eigenvalue weighted by molar-refractivity contribution is 5.98. The molecule has 1 nitrogen and oxygen atoms in total. The van der Waals surface area contributed by atoms with E-state index in [4.69, 9.17) is 0 Å². The van der Waals surface area contributed by atoms with Crippen LogP contribution in [0.15, 0.2) is 42.5 Å². The molecular weight excluding hydrogens is 362 g/mol. The van der Waals surface area contributed by atoms with Gasteiger partial charge in [0.2, 0.25) is 0 Å². The summed E-state index contributed by atoms with van der Waals surface area (Å²) in [4.78, 5) is 2.54. The van der Waals surface area contributed by atoms with E-state index in [1.807, 2.05) is 0 Å². The first-order chi connectivity index (χ1) is 14.7. The molecule has 0 saturated carbocycles. The molecule has 0 spiro atoms. The van der Waals surface area contributed by atoms with E-state index < -0.39 is 0 Å². The van der Waals surface area contributed by atoms with Crippen LogP contribution in [0, 0.1) is 0 Å². The maximum Gasteiger partial charge on any atom is 0.0239 e. The summed E-state index contributed by atoms with van der Waals surface area (Å²) in [5.74, 6) is 0. The maximum atomic E-state index is 2.54. The topological polar surface area (TPSA) is 3.24 Å². The molecule has 0 radical (unpaired) electrons. The highest BCUT2D eigenvalue weighted by Gasteiger charge is 2.34. The monoisotopic (exact) mass is 395 g/mol. The van der Waals surface area contributed by atoms with Crippen LogP contribution in [-0.2, 0) is 32.2 Å². The van der Waals surface area contributed by atoms with E-state index >= 15 is 0 Å². The fourth-order valence-corrected chi connectivity index (χ4v) is 6.03. The quantitative estimate of drug-likeness (QED) is 0.306. The van der Waals surface area contributed by atoms with Crippen LogP contribution < -0.4 is 0 Å². The van der Waals surface area contributed by atoms with Gasteiger partial charge < -0.3 is 0 Å². The third-order valence-corrected chi connectivity index (χ3v) is 7.45. The average Bonchev–Trinajstić information content (AvgIpc) is 3.35. The highest BCUT2D eigenvalue weighted by Crippen LogP contribution is 2.53. The molecule has 0 aromatic heterocycles. The molecule has 3 aromatic rings. The Labute approximate surface area is 181 Å². The number of hydrogen-bond donors (Lipinski definition) is 0. The van der Waals surface area contributed by atoms with Gasteiger partial charge in [0.1, 0.15) is 0 Å². The second-order valence-corrected chi connectivity index (χ2v) is 8.79. The Kier molecular flexibility index (Phi) is 5.03. The molecule has 0 heterocycles. The first kappa shape index (κ1) is 19.6. The number of fused-ring (bicyclic) bond motifs is 7. The molecule has 2 aliphatic rings. The van der Waals surface area contributed by atoms with Gasteiger partial charge in [-0.1, -0.05) is 70.2 Å². The molecule has 0 saturated heterocycles. The Hall–Kier alpha value is -2.38. The molecular formula is C29H33N. The summed E-state index contributed by atoms with van der Waals surface area (Å²) in [6.07, 6.45) is 4.47. The van der Waals surface area contributed by atoms with E-state index in [1.54, 1.807) is 38.9 Å². The molecule has 5 rings (SSSR count). The van der Waals surface area contributed by atoms with Crippen LogP contribution in [0.3, 0.4) is 0 Å². The summed E-state index contributed by atoms with van der Waals surface area (Å²) in [7, 11) is 0. The standard InChI is InChI=1S/C29H33N/c1-5-22-23(6-2)26-17-20-13-11-14-21(18-30(7-3)8-4)27(20)29(26)28-24-15-10-9-12-19(24)16-25(22)28/h9-15H,5-8,16-18H2,1-4H3. The Morgan fingerprint density at radius 3 is 2.00 bits per heavy atom. The molecule has 30 heavy (non-hydrogen) atoms. The summed E-state index contributed by atoms with van der Waals surface area (Å²) in [6.45, 7) is 12.5. The van der Waals surface area contributed by atoms with Crippen molar-refractivity contribution in [3.8, 4) is 22.3 Å². The third kappa shape index (κ3) is 2.79. The fourth-order valence-electron chi connectivity index (χ4n) is 6.03. The number of benzene rings is 3. The molecule has 3 aromatic carbocycles. The van der Waals surface area contributed by atoms with Gasteiger partial charge in [-0.05, 0) is 100.0 Å². The lowest BCUT2D eigenvalue weighted by molar-refractivity contribution is 0.296. The minimum atomic E-state index is 1.04. The second-order valence-electron chi connectivity index (χ2n) is 8.79. The Morgan fingerprint density at radius 2 is 1.30 bits per heavy atom. The van der Waals surface area contributed by atoms with E-state index in [9.17, 15) is 0 Å². The summed E-state index contributed by atoms with van der Waals surface area (Å²) in [5, 5.41) is 0. The van der Waals surface area contributed by atoms with Crippen molar-refractivity contribution >= 4 is 0 Å². The van der Waals surface area contributed by atoms with Gasteiger partial charge in [-0.15, -0.1) is 0 Å². The number of rotatable bonds is 6. The normalized spacial score (nSPS) is 13.4. The van der Waals surface area contributed by atoms with Gasteiger partial charge >= 0.3 is 0 Å². The zero-order valence-electron chi connectivity index (χ0n) is 18.9. The van der Waals surface area contributed by atoms with Gasteiger partial charge in [-0.3, -0.25) is 4.90 Å². The lowest BCUT2D eigenvalue weighted by Crippen LogP contribution is -2.22. The highest BCUT2D eigenvalue weighted by atomic mass is 15.1. The maximum absolute atomic E-state index is 2.54. The largest absolute Gasteiger partial charge is 0.300 e. The molecule has 0 atom stereocenters. The lowest BCUT2D eigenvalue weighted by atomic mass is 9.84. The SMILES string of the molecule is CCc1c(CC)c2c(c3c1Cc1ccccc1-3)-c1c(cccc1CN(CC)CC)C2. The van der Waals surface area contributed by atoms with Gasteiger partial charge in [0.25, 0.3) is 0 Å². The summed E-state index contributed by atoms with van der Waals surface area (Å²) in [5.41, 5.74) is 17.2. The van der Waals surface area contributed by atoms with Crippen LogP contribution in [0.5, 0.6) is 0 Å². The second kappa shape index (κ2) is 7.71. The predicted octanol–water partition coefficient (Wildman–Crippen LogP) is 6.80. The molecule has 0 bridgehead atoms. The molecule has 154 valence electrons. The predicted molar refractivity (Wildman–Crippen MR) is 128 cm³/mol. The van der Waals surface area contributed by atoms with Gasteiger partial charge in [0.05, 0.1) is 0 Å². The van der Waals surface area contributed by atoms with E-state index in [-0.39, 0.29) is 0 Å². The Balaban J connectivity index is 1.82. The first-order valence-corrected chi connectivity index (χ1v) is 11.8. The van der Waals surface area contributed by atoms with Crippen molar-refractivity contribution in [2.45, 2.75) is 59.9 Å². The van der Waals surface area contributed by atoms with Crippen molar-refractivity contribution in [3.63, 3.8) is 0 Å². The van der Waals surface area contributed by atoms with E-state index in [0.29, 0.717) is 0 Å². The van der Waals surface area contributed by atoms with Crippen molar-refractivity contribution in [1.29, 1.82) is 0 Å². The zero-order valence-corrected chi connectivity index (χ0v) is 18.9. The average molecular weight is 396 g/mol. The Bertz CT molecular complexity index is 1120. The van der Waals surface area contributed by atoms with Crippen LogP contribution >= 0.6 is 0 Å². The summed E-state index contributed by atoms with van der Waals surface area (Å²) < 4.78 is 0. The molecule has 0 aliphatic heterocycles. The van der Waals surface area contributed by atoms with Crippen molar-refractivity contribution in [2.75, 3.05) is 13.1 Å². The molecule has 1 heteroatoms.